The van der Waals surface area contributed by atoms with Gasteiger partial charge < -0.3 is 29.0 Å². The van der Waals surface area contributed by atoms with Gasteiger partial charge in [-0.2, -0.15) is 0 Å². The average molecular weight is 539 g/mol. The summed E-state index contributed by atoms with van der Waals surface area (Å²) < 4.78 is 18.0. The number of carbonyl (C=O) groups is 2. The molecule has 2 heterocycles. The number of halogens is 1. The van der Waals surface area contributed by atoms with Crippen molar-refractivity contribution in [2.24, 2.45) is 11.8 Å². The minimum absolute atomic E-state index is 0.00270. The van der Waals surface area contributed by atoms with Crippen molar-refractivity contribution in [3.8, 4) is 11.5 Å². The van der Waals surface area contributed by atoms with Crippen molar-refractivity contribution in [1.29, 1.82) is 0 Å². The Morgan fingerprint density at radius 3 is 2.56 bits per heavy atom. The van der Waals surface area contributed by atoms with Crippen LogP contribution in [0.2, 0.25) is 5.02 Å². The molecule has 1 fully saturated rings. The van der Waals surface area contributed by atoms with E-state index in [4.69, 9.17) is 35.9 Å². The predicted octanol–water partition coefficient (Wildman–Crippen LogP) is 5.13. The Hall–Kier alpha value is -2.43. The van der Waals surface area contributed by atoms with Crippen LogP contribution in [0.25, 0.3) is 0 Å². The molecule has 9 nitrogen and oxygen atoms in total. The van der Waals surface area contributed by atoms with Crippen LogP contribution in [0.1, 0.15) is 67.3 Å². The number of hydrogen-bond acceptors (Lipinski definition) is 7. The fraction of sp³-hybridized carbons (Fsp3) is 0.560. The maximum Gasteiger partial charge on any atom is 0.355 e. The molecular weight excluding hydrogens is 508 g/mol. The molecule has 36 heavy (non-hydrogen) atoms. The maximum absolute atomic E-state index is 12.4. The van der Waals surface area contributed by atoms with Crippen molar-refractivity contribution in [1.82, 2.24) is 9.55 Å². The summed E-state index contributed by atoms with van der Waals surface area (Å²) in [6, 6.07) is 3.48. The molecule has 11 heteroatoms. The van der Waals surface area contributed by atoms with Gasteiger partial charge in [-0.15, -0.1) is 11.8 Å². The molecule has 0 saturated heterocycles. The van der Waals surface area contributed by atoms with Gasteiger partial charge in [0.05, 0.1) is 13.2 Å². The molecule has 0 spiro atoms. The van der Waals surface area contributed by atoms with Crippen LogP contribution in [0, 0.1) is 11.8 Å². The fourth-order valence-corrected chi connectivity index (χ4v) is 6.33. The Morgan fingerprint density at radius 2 is 1.89 bits per heavy atom. The van der Waals surface area contributed by atoms with E-state index in [-0.39, 0.29) is 37.5 Å². The second-order valence-corrected chi connectivity index (χ2v) is 10.9. The third-order valence-electron chi connectivity index (χ3n) is 6.61. The number of aromatic nitrogens is 2. The topological polar surface area (TPSA) is 120 Å². The molecule has 2 N–H and O–H groups in total. The Morgan fingerprint density at radius 1 is 1.19 bits per heavy atom. The molecule has 1 aromatic carbocycles. The van der Waals surface area contributed by atoms with Gasteiger partial charge in [0.2, 0.25) is 6.79 Å². The summed E-state index contributed by atoms with van der Waals surface area (Å²) in [5.41, 5.74) is 0.870. The van der Waals surface area contributed by atoms with E-state index in [9.17, 15) is 14.7 Å². The number of carboxylic acids is 2. The number of benzene rings is 1. The third-order valence-corrected chi connectivity index (χ3v) is 8.12. The Kier molecular flexibility index (Phi) is 8.69. The second kappa shape index (κ2) is 11.7. The van der Waals surface area contributed by atoms with Gasteiger partial charge in [-0.1, -0.05) is 38.3 Å². The maximum atomic E-state index is 12.4. The van der Waals surface area contributed by atoms with Gasteiger partial charge in [-0.25, -0.2) is 14.6 Å². The van der Waals surface area contributed by atoms with Gasteiger partial charge in [-0.3, -0.25) is 0 Å². The number of carboxylic acid groups (broad SMARTS) is 2. The first-order valence-electron chi connectivity index (χ1n) is 12.1. The zero-order valence-corrected chi connectivity index (χ0v) is 21.9. The third kappa shape index (κ3) is 6.10. The lowest BCUT2D eigenvalue weighted by atomic mass is 9.81. The van der Waals surface area contributed by atoms with E-state index in [1.807, 2.05) is 13.8 Å². The summed E-state index contributed by atoms with van der Waals surface area (Å²) in [6.45, 7) is 4.44. The number of ether oxygens (including phenoxy) is 3. The quantitative estimate of drug-likeness (QED) is 0.375. The van der Waals surface area contributed by atoms with Crippen LogP contribution < -0.4 is 9.47 Å². The van der Waals surface area contributed by atoms with Crippen molar-refractivity contribution in [3.05, 3.63) is 34.2 Å². The lowest BCUT2D eigenvalue weighted by molar-refractivity contribution is -0.143. The molecular formula is C25H31ClN2O7S. The summed E-state index contributed by atoms with van der Waals surface area (Å²) in [5, 5.41) is 20.0. The van der Waals surface area contributed by atoms with Crippen LogP contribution in [-0.2, 0) is 16.1 Å². The first-order chi connectivity index (χ1) is 17.2. The van der Waals surface area contributed by atoms with E-state index in [0.29, 0.717) is 45.6 Å². The fourth-order valence-electron chi connectivity index (χ4n) is 4.81. The number of thioether (sulfide) groups is 1. The van der Waals surface area contributed by atoms with E-state index in [2.05, 4.69) is 0 Å². The van der Waals surface area contributed by atoms with Crippen LogP contribution in [0.15, 0.2) is 17.2 Å². The molecule has 1 aliphatic heterocycles. The summed E-state index contributed by atoms with van der Waals surface area (Å²) in [6.07, 6.45) is 4.16. The van der Waals surface area contributed by atoms with E-state index in [1.54, 1.807) is 16.7 Å². The van der Waals surface area contributed by atoms with Gasteiger partial charge in [-0.05, 0) is 36.3 Å². The van der Waals surface area contributed by atoms with Gasteiger partial charge in [0.25, 0.3) is 0 Å². The summed E-state index contributed by atoms with van der Waals surface area (Å²) in [4.78, 5) is 28.0. The van der Waals surface area contributed by atoms with Crippen LogP contribution in [0.4, 0.5) is 0 Å². The van der Waals surface area contributed by atoms with Crippen LogP contribution >= 0.6 is 23.4 Å². The van der Waals surface area contributed by atoms with Gasteiger partial charge >= 0.3 is 11.9 Å². The van der Waals surface area contributed by atoms with Gasteiger partial charge in [0.1, 0.15) is 17.5 Å². The monoisotopic (exact) mass is 538 g/mol. The average Bonchev–Trinajstić information content (AvgIpc) is 3.42. The SMILES string of the molecule is CC(C)c1nc(SCC2CCCCC2COCC(=O)O)c(C(=O)O)n1Cc1cc2c(cc1Cl)OCO2. The molecule has 0 amide bonds. The number of aliphatic carboxylic acids is 1. The van der Waals surface area contributed by atoms with E-state index < -0.39 is 11.9 Å². The number of aromatic carboxylic acids is 1. The highest BCUT2D eigenvalue weighted by Gasteiger charge is 2.30. The smallest absolute Gasteiger partial charge is 0.355 e. The molecule has 2 atom stereocenters. The second-order valence-electron chi connectivity index (χ2n) is 9.49. The zero-order chi connectivity index (χ0) is 25.8. The lowest BCUT2D eigenvalue weighted by Crippen LogP contribution is -2.27. The van der Waals surface area contributed by atoms with Gasteiger partial charge in [0.15, 0.2) is 17.2 Å². The normalized spacial score (nSPS) is 19.1. The van der Waals surface area contributed by atoms with Crippen LogP contribution in [0.3, 0.4) is 0 Å². The highest BCUT2D eigenvalue weighted by Crippen LogP contribution is 2.39. The lowest BCUT2D eigenvalue weighted by Gasteiger charge is -2.30. The highest BCUT2D eigenvalue weighted by atomic mass is 35.5. The molecule has 0 radical (unpaired) electrons. The Labute approximate surface area is 219 Å². The number of rotatable bonds is 11. The Bertz CT molecular complexity index is 1120. The van der Waals surface area contributed by atoms with E-state index in [1.165, 1.54) is 11.8 Å². The van der Waals surface area contributed by atoms with E-state index in [0.717, 1.165) is 31.2 Å². The molecule has 4 rings (SSSR count). The van der Waals surface area contributed by atoms with E-state index >= 15 is 0 Å². The number of nitrogens with zero attached hydrogens (tertiary/aromatic N) is 2. The molecule has 1 saturated carbocycles. The van der Waals surface area contributed by atoms with Gasteiger partial charge in [0, 0.05) is 22.8 Å². The minimum Gasteiger partial charge on any atom is -0.480 e. The molecule has 1 aromatic heterocycles. The van der Waals surface area contributed by atoms with Crippen molar-refractivity contribution < 1.29 is 34.0 Å². The molecule has 2 aromatic rings. The largest absolute Gasteiger partial charge is 0.480 e. The first-order valence-corrected chi connectivity index (χ1v) is 13.4. The molecule has 0 bridgehead atoms. The van der Waals surface area contributed by atoms with Crippen molar-refractivity contribution in [3.63, 3.8) is 0 Å². The van der Waals surface area contributed by atoms with Crippen molar-refractivity contribution >= 4 is 35.3 Å². The number of fused-ring (bicyclic) bond motifs is 1. The van der Waals surface area contributed by atoms with Crippen LogP contribution in [0.5, 0.6) is 11.5 Å². The molecule has 196 valence electrons. The standard InChI is InChI=1S/C25H31ClN2O7S/c1-14(2)23-27-24(36-12-16-6-4-3-5-15(16)10-33-11-21(29)30)22(25(31)32)28(23)9-17-7-19-20(8-18(17)26)35-13-34-19/h7-8,14-16H,3-6,9-13H2,1-2H3,(H,29,30)(H,31,32). The first kappa shape index (κ1) is 26.6. The number of hydrogen-bond donors (Lipinski definition) is 2. The van der Waals surface area contributed by atoms with Crippen molar-refractivity contribution in [2.45, 2.75) is 57.0 Å². The molecule has 2 unspecified atom stereocenters. The zero-order valence-electron chi connectivity index (χ0n) is 20.4. The Balaban J connectivity index is 1.56. The predicted molar refractivity (Wildman–Crippen MR) is 135 cm³/mol. The summed E-state index contributed by atoms with van der Waals surface area (Å²) in [5.74, 6) is 1.05. The summed E-state index contributed by atoms with van der Waals surface area (Å²) in [7, 11) is 0. The minimum atomic E-state index is -1.04. The van der Waals surface area contributed by atoms with Crippen molar-refractivity contribution in [2.75, 3.05) is 25.8 Å². The highest BCUT2D eigenvalue weighted by molar-refractivity contribution is 7.99. The van der Waals surface area contributed by atoms with Crippen LogP contribution in [-0.4, -0.2) is 57.5 Å². The summed E-state index contributed by atoms with van der Waals surface area (Å²) >= 11 is 7.95. The molecule has 2 aliphatic rings. The molecule has 1 aliphatic carbocycles. The number of imidazole rings is 1.